The normalized spacial score (nSPS) is 15.6. The van der Waals surface area contributed by atoms with E-state index in [2.05, 4.69) is 5.32 Å². The maximum absolute atomic E-state index is 14.2. The highest BCUT2D eigenvalue weighted by Crippen LogP contribution is 2.38. The van der Waals surface area contributed by atoms with E-state index in [-0.39, 0.29) is 29.7 Å². The molecule has 3 aromatic rings. The molecule has 162 valence electrons. The number of benzene rings is 2. The zero-order valence-electron chi connectivity index (χ0n) is 16.1. The lowest BCUT2D eigenvalue weighted by Crippen LogP contribution is -2.34. The lowest BCUT2D eigenvalue weighted by molar-refractivity contribution is -0.137. The maximum atomic E-state index is 14.2. The molecule has 0 amide bonds. The van der Waals surface area contributed by atoms with E-state index >= 15 is 0 Å². The zero-order chi connectivity index (χ0) is 22.5. The second kappa shape index (κ2) is 7.29. The summed E-state index contributed by atoms with van der Waals surface area (Å²) in [5.41, 5.74) is -1.52. The van der Waals surface area contributed by atoms with E-state index in [9.17, 15) is 32.3 Å². The van der Waals surface area contributed by atoms with Gasteiger partial charge in [0.2, 0.25) is 0 Å². The number of carbonyl (C=O) groups is 1. The predicted octanol–water partition coefficient (Wildman–Crippen LogP) is 4.21. The van der Waals surface area contributed by atoms with Crippen molar-refractivity contribution >= 4 is 22.6 Å². The van der Waals surface area contributed by atoms with Crippen LogP contribution in [0.15, 0.2) is 41.2 Å². The first-order valence-electron chi connectivity index (χ1n) is 9.31. The molecule has 2 aromatic carbocycles. The lowest BCUT2D eigenvalue weighted by atomic mass is 9.99. The number of alkyl halides is 3. The molecule has 6 nitrogen and oxygen atoms in total. The van der Waals surface area contributed by atoms with Crippen LogP contribution in [0.25, 0.3) is 10.9 Å². The number of pyridine rings is 1. The van der Waals surface area contributed by atoms with Crippen molar-refractivity contribution in [2.24, 2.45) is 0 Å². The highest BCUT2D eigenvalue weighted by molar-refractivity contribution is 6.03. The van der Waals surface area contributed by atoms with Crippen LogP contribution in [-0.2, 0) is 17.5 Å². The largest absolute Gasteiger partial charge is 0.506 e. The molecule has 4 rings (SSSR count). The summed E-state index contributed by atoms with van der Waals surface area (Å²) in [6, 6.07) is 5.77. The van der Waals surface area contributed by atoms with Gasteiger partial charge < -0.3 is 19.7 Å². The molecule has 1 aliphatic heterocycles. The Balaban J connectivity index is 1.87. The van der Waals surface area contributed by atoms with Crippen molar-refractivity contribution in [1.29, 1.82) is 0 Å². The number of aromatic nitrogens is 1. The molecule has 0 bridgehead atoms. The van der Waals surface area contributed by atoms with Crippen molar-refractivity contribution in [1.82, 2.24) is 4.57 Å². The van der Waals surface area contributed by atoms with Gasteiger partial charge in [-0.3, -0.25) is 4.79 Å². The van der Waals surface area contributed by atoms with Crippen LogP contribution in [-0.4, -0.2) is 22.2 Å². The molecule has 0 fully saturated rings. The van der Waals surface area contributed by atoms with Gasteiger partial charge in [-0.05, 0) is 36.8 Å². The standard InChI is InChI=1S/C21H16F4N2O4/c1-2-31-20(30)16-18(28)13-7-12(22)8-14-17(13)27(19(16)29)9-15(26-14)10-3-5-11(6-4-10)21(23,24)25/h3-8,15,26,28H,2,9H2,1H3. The third-order valence-corrected chi connectivity index (χ3v) is 5.11. The van der Waals surface area contributed by atoms with Gasteiger partial charge in [0.1, 0.15) is 11.6 Å². The lowest BCUT2D eigenvalue weighted by Gasteiger charge is -2.30. The number of hydrogen-bond acceptors (Lipinski definition) is 5. The maximum Gasteiger partial charge on any atom is 0.416 e. The Kier molecular flexibility index (Phi) is 4.87. The number of nitrogens with one attached hydrogen (secondary N) is 1. The second-order valence-corrected chi connectivity index (χ2v) is 7.03. The average molecular weight is 436 g/mol. The Morgan fingerprint density at radius 2 is 1.94 bits per heavy atom. The monoisotopic (exact) mass is 436 g/mol. The molecule has 0 aliphatic carbocycles. The van der Waals surface area contributed by atoms with E-state index in [0.717, 1.165) is 24.3 Å². The summed E-state index contributed by atoms with van der Waals surface area (Å²) in [6.45, 7) is 1.42. The van der Waals surface area contributed by atoms with Gasteiger partial charge in [0.25, 0.3) is 5.56 Å². The molecule has 0 saturated carbocycles. The van der Waals surface area contributed by atoms with E-state index in [1.54, 1.807) is 0 Å². The SMILES string of the molecule is CCOC(=O)c1c(O)c2cc(F)cc3c2n(c1=O)CC(c1ccc(C(F)(F)F)cc1)N3. The van der Waals surface area contributed by atoms with Gasteiger partial charge in [0.15, 0.2) is 5.56 Å². The van der Waals surface area contributed by atoms with Crippen LogP contribution >= 0.6 is 0 Å². The summed E-state index contributed by atoms with van der Waals surface area (Å²) >= 11 is 0. The Bertz CT molecular complexity index is 1250. The third-order valence-electron chi connectivity index (χ3n) is 5.11. The third kappa shape index (κ3) is 3.47. The fraction of sp³-hybridized carbons (Fsp3) is 0.238. The fourth-order valence-electron chi connectivity index (χ4n) is 3.72. The van der Waals surface area contributed by atoms with Crippen LogP contribution in [0.5, 0.6) is 5.75 Å². The molecule has 0 spiro atoms. The van der Waals surface area contributed by atoms with Gasteiger partial charge in [-0.1, -0.05) is 12.1 Å². The first kappa shape index (κ1) is 20.7. The highest BCUT2D eigenvalue weighted by atomic mass is 19.4. The van der Waals surface area contributed by atoms with Gasteiger partial charge in [0, 0.05) is 5.39 Å². The molecule has 1 unspecified atom stereocenters. The smallest absolute Gasteiger partial charge is 0.416 e. The molecule has 1 aliphatic rings. The second-order valence-electron chi connectivity index (χ2n) is 7.03. The number of rotatable bonds is 3. The van der Waals surface area contributed by atoms with Crippen molar-refractivity contribution < 1.29 is 32.2 Å². The summed E-state index contributed by atoms with van der Waals surface area (Å²) in [5.74, 6) is -2.48. The molecule has 2 heterocycles. The Labute approximate surface area is 172 Å². The van der Waals surface area contributed by atoms with Crippen molar-refractivity contribution in [2.75, 3.05) is 11.9 Å². The number of carbonyl (C=O) groups excluding carboxylic acids is 1. The topological polar surface area (TPSA) is 80.6 Å². The Morgan fingerprint density at radius 1 is 1.26 bits per heavy atom. The number of anilines is 1. The Morgan fingerprint density at radius 3 is 2.55 bits per heavy atom. The van der Waals surface area contributed by atoms with Crippen LogP contribution in [0.1, 0.15) is 34.5 Å². The summed E-state index contributed by atoms with van der Waals surface area (Å²) < 4.78 is 58.8. The number of hydrogen-bond donors (Lipinski definition) is 2. The first-order chi connectivity index (χ1) is 14.6. The van der Waals surface area contributed by atoms with E-state index in [4.69, 9.17) is 4.74 Å². The molecular formula is C21H16F4N2O4. The number of esters is 1. The van der Waals surface area contributed by atoms with Crippen LogP contribution in [0.2, 0.25) is 0 Å². The summed E-state index contributed by atoms with van der Waals surface area (Å²) in [4.78, 5) is 25.3. The quantitative estimate of drug-likeness (QED) is 0.475. The number of ether oxygens (including phenoxy) is 1. The zero-order valence-corrected chi connectivity index (χ0v) is 16.1. The number of nitrogens with zero attached hydrogens (tertiary/aromatic N) is 1. The summed E-state index contributed by atoms with van der Waals surface area (Å²) in [7, 11) is 0. The van der Waals surface area contributed by atoms with Crippen molar-refractivity contribution in [3.63, 3.8) is 0 Å². The molecular weight excluding hydrogens is 420 g/mol. The van der Waals surface area contributed by atoms with Gasteiger partial charge in [-0.25, -0.2) is 9.18 Å². The molecule has 31 heavy (non-hydrogen) atoms. The van der Waals surface area contributed by atoms with Crippen molar-refractivity contribution in [2.45, 2.75) is 25.7 Å². The molecule has 1 atom stereocenters. The van der Waals surface area contributed by atoms with Gasteiger partial charge in [-0.15, -0.1) is 0 Å². The van der Waals surface area contributed by atoms with Gasteiger partial charge in [0.05, 0.1) is 36.0 Å². The van der Waals surface area contributed by atoms with Gasteiger partial charge >= 0.3 is 12.1 Å². The minimum atomic E-state index is -4.50. The molecule has 10 heteroatoms. The van der Waals surface area contributed by atoms with Gasteiger partial charge in [-0.2, -0.15) is 13.2 Å². The van der Waals surface area contributed by atoms with Crippen LogP contribution < -0.4 is 10.9 Å². The minimum absolute atomic E-state index is 0.0418. The van der Waals surface area contributed by atoms with E-state index in [0.29, 0.717) is 5.56 Å². The molecule has 1 aromatic heterocycles. The van der Waals surface area contributed by atoms with Crippen molar-refractivity contribution in [3.8, 4) is 5.75 Å². The molecule has 0 radical (unpaired) electrons. The summed E-state index contributed by atoms with van der Waals surface area (Å²) in [6.07, 6.45) is -4.50. The van der Waals surface area contributed by atoms with Crippen LogP contribution in [0, 0.1) is 5.82 Å². The van der Waals surface area contributed by atoms with Crippen LogP contribution in [0.3, 0.4) is 0 Å². The van der Waals surface area contributed by atoms with Crippen molar-refractivity contribution in [3.05, 3.63) is 69.3 Å². The molecule has 2 N–H and O–H groups in total. The Hall–Kier alpha value is -3.56. The fourth-order valence-corrected chi connectivity index (χ4v) is 3.72. The average Bonchev–Trinajstić information content (AvgIpc) is 2.71. The summed E-state index contributed by atoms with van der Waals surface area (Å²) in [5, 5.41) is 13.4. The molecule has 0 saturated heterocycles. The van der Waals surface area contributed by atoms with E-state index in [1.165, 1.54) is 23.6 Å². The predicted molar refractivity (Wildman–Crippen MR) is 104 cm³/mol. The van der Waals surface area contributed by atoms with E-state index < -0.39 is 46.4 Å². The number of aromatic hydroxyl groups is 1. The minimum Gasteiger partial charge on any atom is -0.506 e. The van der Waals surface area contributed by atoms with E-state index in [1.807, 2.05) is 0 Å². The van der Waals surface area contributed by atoms with Crippen LogP contribution in [0.4, 0.5) is 23.2 Å². The first-order valence-corrected chi connectivity index (χ1v) is 9.31. The number of halogens is 4. The highest BCUT2D eigenvalue weighted by Gasteiger charge is 2.32.